The van der Waals surface area contributed by atoms with E-state index in [1.807, 2.05) is 6.08 Å². The van der Waals surface area contributed by atoms with Crippen molar-refractivity contribution in [1.82, 2.24) is 0 Å². The normalized spacial score (nSPS) is 10.9. The Kier molecular flexibility index (Phi) is 3.01. The summed E-state index contributed by atoms with van der Waals surface area (Å²) in [5, 5.41) is 5.16. The zero-order valence-electron chi connectivity index (χ0n) is 12.3. The van der Waals surface area contributed by atoms with Crippen LogP contribution in [0.1, 0.15) is 5.56 Å². The van der Waals surface area contributed by atoms with E-state index in [4.69, 9.17) is 0 Å². The third-order valence-corrected chi connectivity index (χ3v) is 4.21. The first-order valence-electron chi connectivity index (χ1n) is 7.50. The number of hydrogen-bond donors (Lipinski definition) is 0. The predicted octanol–water partition coefficient (Wildman–Crippen LogP) is 6.30. The largest absolute Gasteiger partial charge is 0.0985 e. The highest BCUT2D eigenvalue weighted by Crippen LogP contribution is 2.36. The maximum Gasteiger partial charge on any atom is -0.00268 e. The number of benzene rings is 4. The molecular weight excluding hydrogens is 264 g/mol. The van der Waals surface area contributed by atoms with Crippen molar-refractivity contribution in [3.8, 4) is 11.1 Å². The second kappa shape index (κ2) is 5.16. The van der Waals surface area contributed by atoms with Gasteiger partial charge in [0.2, 0.25) is 0 Å². The lowest BCUT2D eigenvalue weighted by molar-refractivity contribution is 1.64. The summed E-state index contributed by atoms with van der Waals surface area (Å²) in [4.78, 5) is 0. The molecule has 0 heteroatoms. The van der Waals surface area contributed by atoms with E-state index in [9.17, 15) is 0 Å². The predicted molar refractivity (Wildman–Crippen MR) is 97.0 cm³/mol. The molecule has 0 radical (unpaired) electrons. The Morgan fingerprint density at radius 3 is 1.73 bits per heavy atom. The average molecular weight is 280 g/mol. The highest BCUT2D eigenvalue weighted by atomic mass is 14.1. The van der Waals surface area contributed by atoms with Crippen LogP contribution in [0.2, 0.25) is 0 Å². The summed E-state index contributed by atoms with van der Waals surface area (Å²) in [6, 6.07) is 28.1. The molecule has 4 aromatic rings. The molecular formula is C22H16. The molecule has 0 aliphatic carbocycles. The van der Waals surface area contributed by atoms with Crippen molar-refractivity contribution in [1.29, 1.82) is 0 Å². The van der Waals surface area contributed by atoms with Crippen LogP contribution in [-0.2, 0) is 0 Å². The van der Waals surface area contributed by atoms with Crippen LogP contribution in [0.4, 0.5) is 0 Å². The van der Waals surface area contributed by atoms with E-state index < -0.39 is 0 Å². The smallest absolute Gasteiger partial charge is 0.00268 e. The molecule has 0 aromatic heterocycles. The summed E-state index contributed by atoms with van der Waals surface area (Å²) in [5.74, 6) is 0. The number of rotatable bonds is 2. The van der Waals surface area contributed by atoms with Crippen molar-refractivity contribution in [3.05, 3.63) is 91.0 Å². The highest BCUT2D eigenvalue weighted by molar-refractivity contribution is 6.12. The molecule has 0 atom stereocenters. The summed E-state index contributed by atoms with van der Waals surface area (Å²) in [7, 11) is 0. The van der Waals surface area contributed by atoms with Crippen molar-refractivity contribution >= 4 is 27.6 Å². The Morgan fingerprint density at radius 2 is 1.18 bits per heavy atom. The van der Waals surface area contributed by atoms with Crippen molar-refractivity contribution in [2.24, 2.45) is 0 Å². The molecule has 0 heterocycles. The van der Waals surface area contributed by atoms with Gasteiger partial charge in [0, 0.05) is 0 Å². The van der Waals surface area contributed by atoms with Crippen LogP contribution in [0.15, 0.2) is 85.4 Å². The first-order valence-corrected chi connectivity index (χ1v) is 7.50. The van der Waals surface area contributed by atoms with Gasteiger partial charge in [0.15, 0.2) is 0 Å². The Morgan fingerprint density at radius 1 is 0.636 bits per heavy atom. The lowest BCUT2D eigenvalue weighted by atomic mass is 9.92. The molecule has 104 valence electrons. The van der Waals surface area contributed by atoms with Gasteiger partial charge in [0.25, 0.3) is 0 Å². The van der Waals surface area contributed by atoms with E-state index in [1.165, 1.54) is 32.7 Å². The van der Waals surface area contributed by atoms with Crippen LogP contribution >= 0.6 is 0 Å². The molecule has 0 aliphatic rings. The molecule has 0 saturated carbocycles. The Balaban J connectivity index is 2.13. The quantitative estimate of drug-likeness (QED) is 0.378. The summed E-state index contributed by atoms with van der Waals surface area (Å²) in [6.07, 6.45) is 1.88. The SMILES string of the molecule is C=Cc1ccc(-c2c3ccccc3cc3ccccc23)cc1. The third kappa shape index (κ3) is 2.01. The fourth-order valence-electron chi connectivity index (χ4n) is 3.11. The Hall–Kier alpha value is -2.86. The first kappa shape index (κ1) is 12.8. The van der Waals surface area contributed by atoms with E-state index in [0.717, 1.165) is 5.56 Å². The van der Waals surface area contributed by atoms with E-state index in [0.29, 0.717) is 0 Å². The minimum absolute atomic E-state index is 1.15. The van der Waals surface area contributed by atoms with E-state index in [2.05, 4.69) is 85.4 Å². The Bertz CT molecular complexity index is 922. The molecule has 0 aliphatic heterocycles. The highest BCUT2D eigenvalue weighted by Gasteiger charge is 2.09. The van der Waals surface area contributed by atoms with Gasteiger partial charge in [0.1, 0.15) is 0 Å². The second-order valence-electron chi connectivity index (χ2n) is 5.52. The first-order chi connectivity index (χ1) is 10.9. The van der Waals surface area contributed by atoms with Gasteiger partial charge in [-0.15, -0.1) is 0 Å². The average Bonchev–Trinajstić information content (AvgIpc) is 2.60. The van der Waals surface area contributed by atoms with Crippen LogP contribution in [0.25, 0.3) is 38.7 Å². The lowest BCUT2D eigenvalue weighted by Crippen LogP contribution is -1.85. The summed E-state index contributed by atoms with van der Waals surface area (Å²) < 4.78 is 0. The maximum atomic E-state index is 3.83. The minimum atomic E-state index is 1.15. The molecule has 0 amide bonds. The van der Waals surface area contributed by atoms with Crippen molar-refractivity contribution in [2.45, 2.75) is 0 Å². The molecule has 0 nitrogen and oxygen atoms in total. The second-order valence-corrected chi connectivity index (χ2v) is 5.52. The van der Waals surface area contributed by atoms with Crippen molar-refractivity contribution in [2.75, 3.05) is 0 Å². The van der Waals surface area contributed by atoms with E-state index in [-0.39, 0.29) is 0 Å². The van der Waals surface area contributed by atoms with Crippen molar-refractivity contribution in [3.63, 3.8) is 0 Å². The maximum absolute atomic E-state index is 3.83. The molecule has 4 aromatic carbocycles. The van der Waals surface area contributed by atoms with Crippen LogP contribution in [-0.4, -0.2) is 0 Å². The van der Waals surface area contributed by atoms with Gasteiger partial charge < -0.3 is 0 Å². The molecule has 4 rings (SSSR count). The fourth-order valence-corrected chi connectivity index (χ4v) is 3.11. The van der Waals surface area contributed by atoms with Gasteiger partial charge in [-0.25, -0.2) is 0 Å². The van der Waals surface area contributed by atoms with Crippen LogP contribution in [0.5, 0.6) is 0 Å². The van der Waals surface area contributed by atoms with Gasteiger partial charge in [0.05, 0.1) is 0 Å². The molecule has 0 fully saturated rings. The lowest BCUT2D eigenvalue weighted by Gasteiger charge is -2.12. The van der Waals surface area contributed by atoms with Crippen LogP contribution in [0.3, 0.4) is 0 Å². The van der Waals surface area contributed by atoms with Gasteiger partial charge in [-0.3, -0.25) is 0 Å². The minimum Gasteiger partial charge on any atom is -0.0985 e. The topological polar surface area (TPSA) is 0 Å². The van der Waals surface area contributed by atoms with Crippen molar-refractivity contribution < 1.29 is 0 Å². The van der Waals surface area contributed by atoms with Crippen LogP contribution < -0.4 is 0 Å². The van der Waals surface area contributed by atoms with Gasteiger partial charge in [-0.05, 0) is 44.3 Å². The third-order valence-electron chi connectivity index (χ3n) is 4.21. The summed E-state index contributed by atoms with van der Waals surface area (Å²) >= 11 is 0. The zero-order chi connectivity index (χ0) is 14.9. The van der Waals surface area contributed by atoms with Crippen LogP contribution in [0, 0.1) is 0 Å². The van der Waals surface area contributed by atoms with Gasteiger partial charge in [-0.1, -0.05) is 85.5 Å². The molecule has 0 saturated heterocycles. The molecule has 0 bridgehead atoms. The van der Waals surface area contributed by atoms with E-state index >= 15 is 0 Å². The van der Waals surface area contributed by atoms with Gasteiger partial charge in [-0.2, -0.15) is 0 Å². The molecule has 0 unspecified atom stereocenters. The fraction of sp³-hybridized carbons (Fsp3) is 0. The number of fused-ring (bicyclic) bond motifs is 2. The summed E-state index contributed by atoms with van der Waals surface area (Å²) in [6.45, 7) is 3.83. The molecule has 0 spiro atoms. The summed E-state index contributed by atoms with van der Waals surface area (Å²) in [5.41, 5.74) is 3.70. The van der Waals surface area contributed by atoms with E-state index in [1.54, 1.807) is 0 Å². The Labute approximate surface area is 130 Å². The van der Waals surface area contributed by atoms with Gasteiger partial charge >= 0.3 is 0 Å². The molecule has 22 heavy (non-hydrogen) atoms. The monoisotopic (exact) mass is 280 g/mol. The molecule has 0 N–H and O–H groups in total. The zero-order valence-corrected chi connectivity index (χ0v) is 12.3. The number of hydrogen-bond acceptors (Lipinski definition) is 0. The standard InChI is InChI=1S/C22H16/c1-2-16-11-13-17(14-12-16)22-20-9-5-3-7-18(20)15-19-8-4-6-10-21(19)22/h2-15H,1H2.